The van der Waals surface area contributed by atoms with E-state index < -0.39 is 0 Å². The third kappa shape index (κ3) is 4.97. The van der Waals surface area contributed by atoms with Crippen molar-refractivity contribution in [2.45, 2.75) is 43.2 Å². The molecule has 1 aliphatic heterocycles. The van der Waals surface area contributed by atoms with Crippen LogP contribution in [0.3, 0.4) is 0 Å². The lowest BCUT2D eigenvalue weighted by Gasteiger charge is -2.38. The molecular weight excluding hydrogens is 386 g/mol. The topological polar surface area (TPSA) is 12.5 Å². The summed E-state index contributed by atoms with van der Waals surface area (Å²) >= 11 is 4.81. The first kappa shape index (κ1) is 21.2. The van der Waals surface area contributed by atoms with E-state index in [1.54, 1.807) is 0 Å². The second-order valence-electron chi connectivity index (χ2n) is 8.11. The Labute approximate surface area is 186 Å². The van der Waals surface area contributed by atoms with Gasteiger partial charge in [0.15, 0.2) is 0 Å². The minimum absolute atomic E-state index is 0.121. The summed E-state index contributed by atoms with van der Waals surface area (Å²) < 4.78 is 6.42. The van der Waals surface area contributed by atoms with Gasteiger partial charge < -0.3 is 4.74 Å². The van der Waals surface area contributed by atoms with Crippen molar-refractivity contribution in [3.05, 3.63) is 101 Å². The first-order chi connectivity index (χ1) is 14.8. The van der Waals surface area contributed by atoms with E-state index in [0.29, 0.717) is 0 Å². The summed E-state index contributed by atoms with van der Waals surface area (Å²) in [4.78, 5) is 3.62. The minimum Gasteiger partial charge on any atom is -0.375 e. The molecule has 0 aromatic heterocycles. The molecule has 1 saturated heterocycles. The molecule has 4 rings (SSSR count). The van der Waals surface area contributed by atoms with E-state index in [1.807, 2.05) is 0 Å². The number of ether oxygens (including phenoxy) is 1. The van der Waals surface area contributed by atoms with E-state index in [1.165, 1.54) is 22.3 Å². The van der Waals surface area contributed by atoms with Gasteiger partial charge in [-0.2, -0.15) is 0 Å². The molecule has 0 amide bonds. The highest BCUT2D eigenvalue weighted by atomic mass is 32.1. The number of nitrogens with zero attached hydrogens (tertiary/aromatic N) is 1. The molecule has 0 aliphatic carbocycles. The monoisotopic (exact) mass is 417 g/mol. The van der Waals surface area contributed by atoms with Gasteiger partial charge in [0.1, 0.15) is 0 Å². The van der Waals surface area contributed by atoms with E-state index in [4.69, 9.17) is 17.4 Å². The molecule has 0 N–H and O–H groups in total. The van der Waals surface area contributed by atoms with Crippen molar-refractivity contribution >= 4 is 12.6 Å². The molecule has 0 radical (unpaired) electrons. The molecule has 156 valence electrons. The van der Waals surface area contributed by atoms with Gasteiger partial charge in [-0.05, 0) is 34.7 Å². The summed E-state index contributed by atoms with van der Waals surface area (Å²) in [5.41, 5.74) is 5.40. The average molecular weight is 418 g/mol. The molecule has 2 atom stereocenters. The minimum atomic E-state index is 0.121. The summed E-state index contributed by atoms with van der Waals surface area (Å²) in [7, 11) is 0. The molecule has 3 aromatic rings. The molecule has 2 nitrogen and oxygen atoms in total. The Bertz CT molecular complexity index is 928. The Morgan fingerprint density at radius 1 is 0.967 bits per heavy atom. The molecule has 0 saturated carbocycles. The highest BCUT2D eigenvalue weighted by Crippen LogP contribution is 2.36. The first-order valence-electron chi connectivity index (χ1n) is 11.0. The summed E-state index contributed by atoms with van der Waals surface area (Å²) in [6.45, 7) is 5.87. The van der Waals surface area contributed by atoms with Crippen LogP contribution in [0.2, 0.25) is 0 Å². The van der Waals surface area contributed by atoms with Crippen molar-refractivity contribution in [1.82, 2.24) is 4.90 Å². The van der Waals surface area contributed by atoms with E-state index in [-0.39, 0.29) is 12.0 Å². The number of hydrogen-bond donors (Lipinski definition) is 1. The second kappa shape index (κ2) is 10.3. The van der Waals surface area contributed by atoms with Gasteiger partial charge in [0.2, 0.25) is 0 Å². The van der Waals surface area contributed by atoms with Gasteiger partial charge in [-0.3, -0.25) is 4.90 Å². The van der Waals surface area contributed by atoms with Gasteiger partial charge in [-0.15, -0.1) is 12.6 Å². The molecule has 1 aliphatic rings. The van der Waals surface area contributed by atoms with E-state index in [2.05, 4.69) is 90.7 Å². The quantitative estimate of drug-likeness (QED) is 0.476. The maximum atomic E-state index is 6.42. The fourth-order valence-corrected chi connectivity index (χ4v) is 4.91. The number of benzene rings is 3. The van der Waals surface area contributed by atoms with Crippen molar-refractivity contribution < 1.29 is 4.74 Å². The predicted molar refractivity (Wildman–Crippen MR) is 127 cm³/mol. The van der Waals surface area contributed by atoms with Crippen molar-refractivity contribution in [2.24, 2.45) is 0 Å². The first-order valence-corrected chi connectivity index (χ1v) is 11.4. The summed E-state index contributed by atoms with van der Waals surface area (Å²) in [5.74, 6) is 0.207. The molecule has 1 unspecified atom stereocenters. The van der Waals surface area contributed by atoms with Crippen molar-refractivity contribution in [3.63, 3.8) is 0 Å². The fraction of sp³-hybridized carbons (Fsp3) is 0.333. The molecular formula is C27H31NOS. The molecule has 1 heterocycles. The molecule has 1 fully saturated rings. The smallest absolute Gasteiger partial charge is 0.0811 e. The van der Waals surface area contributed by atoms with E-state index >= 15 is 0 Å². The maximum Gasteiger partial charge on any atom is 0.0811 e. The average Bonchev–Trinajstić information content (AvgIpc) is 2.78. The van der Waals surface area contributed by atoms with Crippen LogP contribution in [0, 0.1) is 0 Å². The Kier molecular flexibility index (Phi) is 7.27. The molecule has 3 heteroatoms. The van der Waals surface area contributed by atoms with Gasteiger partial charge in [0, 0.05) is 30.4 Å². The van der Waals surface area contributed by atoms with Gasteiger partial charge >= 0.3 is 0 Å². The molecule has 3 aromatic carbocycles. The largest absolute Gasteiger partial charge is 0.375 e. The van der Waals surface area contributed by atoms with Crippen LogP contribution >= 0.6 is 12.6 Å². The number of rotatable bonds is 7. The Morgan fingerprint density at radius 3 is 2.43 bits per heavy atom. The lowest BCUT2D eigenvalue weighted by molar-refractivity contribution is -0.0388. The van der Waals surface area contributed by atoms with Crippen molar-refractivity contribution in [2.75, 3.05) is 19.7 Å². The van der Waals surface area contributed by atoms with Crippen LogP contribution < -0.4 is 0 Å². The van der Waals surface area contributed by atoms with Crippen LogP contribution in [0.5, 0.6) is 0 Å². The van der Waals surface area contributed by atoms with Crippen molar-refractivity contribution in [1.29, 1.82) is 0 Å². The van der Waals surface area contributed by atoms with Crippen LogP contribution in [0.25, 0.3) is 0 Å². The zero-order valence-corrected chi connectivity index (χ0v) is 18.6. The van der Waals surface area contributed by atoms with Gasteiger partial charge in [0.05, 0.1) is 12.7 Å². The normalized spacial score (nSPS) is 18.3. The van der Waals surface area contributed by atoms with Crippen LogP contribution in [0.1, 0.15) is 41.5 Å². The predicted octanol–water partition coefficient (Wildman–Crippen LogP) is 5.96. The van der Waals surface area contributed by atoms with Gasteiger partial charge in [-0.25, -0.2) is 0 Å². The Balaban J connectivity index is 1.66. The van der Waals surface area contributed by atoms with Gasteiger partial charge in [0.25, 0.3) is 0 Å². The van der Waals surface area contributed by atoms with E-state index in [0.717, 1.165) is 44.0 Å². The summed E-state index contributed by atoms with van der Waals surface area (Å²) in [6, 6.07) is 28.1. The molecule has 0 spiro atoms. The van der Waals surface area contributed by atoms with Crippen LogP contribution in [-0.2, 0) is 17.7 Å². The van der Waals surface area contributed by atoms with E-state index in [9.17, 15) is 0 Å². The third-order valence-corrected chi connectivity index (χ3v) is 6.40. The van der Waals surface area contributed by atoms with Crippen LogP contribution in [0.15, 0.2) is 83.8 Å². The van der Waals surface area contributed by atoms with Crippen molar-refractivity contribution in [3.8, 4) is 0 Å². The summed E-state index contributed by atoms with van der Waals surface area (Å²) in [5, 5.41) is 0. The Hall–Kier alpha value is -2.07. The fourth-order valence-electron chi connectivity index (χ4n) is 4.58. The standard InChI is InChI=1S/C27H31NOS/c1-2-10-23-24(15-9-16-26(23)30)27(22-13-7-4-8-14-22)25-20-28(17-18-29-25)19-21-11-5-3-6-12-21/h3-9,11-16,25,27,30H,2,10,17-20H2,1H3/t25-,27?/m0/s1. The SMILES string of the molecule is CCCc1c(S)cccc1C(c1ccccc1)[C@@H]1CN(Cc2ccccc2)CCO1. The van der Waals surface area contributed by atoms with Crippen LogP contribution in [0.4, 0.5) is 0 Å². The lowest BCUT2D eigenvalue weighted by atomic mass is 9.82. The second-order valence-corrected chi connectivity index (χ2v) is 8.60. The number of thiol groups is 1. The zero-order chi connectivity index (χ0) is 20.8. The molecule has 30 heavy (non-hydrogen) atoms. The zero-order valence-electron chi connectivity index (χ0n) is 17.7. The van der Waals surface area contributed by atoms with Gasteiger partial charge in [-0.1, -0.05) is 86.1 Å². The maximum absolute atomic E-state index is 6.42. The van der Waals surface area contributed by atoms with Crippen LogP contribution in [-0.4, -0.2) is 30.7 Å². The highest BCUT2D eigenvalue weighted by Gasteiger charge is 2.32. The summed E-state index contributed by atoms with van der Waals surface area (Å²) in [6.07, 6.45) is 2.27. The lowest BCUT2D eigenvalue weighted by Crippen LogP contribution is -2.45. The molecule has 0 bridgehead atoms. The number of hydrogen-bond acceptors (Lipinski definition) is 3. The number of morpholine rings is 1. The Morgan fingerprint density at radius 2 is 1.70 bits per heavy atom. The third-order valence-electron chi connectivity index (χ3n) is 5.98. The highest BCUT2D eigenvalue weighted by molar-refractivity contribution is 7.80.